The molecule has 2 aromatic carbocycles. The molecule has 8 heteroatoms. The summed E-state index contributed by atoms with van der Waals surface area (Å²) in [5.41, 5.74) is 2.98. The van der Waals surface area contributed by atoms with Gasteiger partial charge in [-0.3, -0.25) is 14.5 Å². The van der Waals surface area contributed by atoms with Crippen LogP contribution in [0.25, 0.3) is 0 Å². The second-order valence-electron chi connectivity index (χ2n) is 8.01. The highest BCUT2D eigenvalue weighted by Crippen LogP contribution is 2.23. The van der Waals surface area contributed by atoms with E-state index in [4.69, 9.17) is 0 Å². The highest BCUT2D eigenvalue weighted by Gasteiger charge is 2.32. The van der Waals surface area contributed by atoms with Crippen LogP contribution in [0.1, 0.15) is 35.3 Å². The Hall–Kier alpha value is -2.55. The number of rotatable bonds is 6. The van der Waals surface area contributed by atoms with Gasteiger partial charge in [0.25, 0.3) is 0 Å². The van der Waals surface area contributed by atoms with E-state index in [-0.39, 0.29) is 11.7 Å². The lowest BCUT2D eigenvalue weighted by molar-refractivity contribution is -0.121. The van der Waals surface area contributed by atoms with Crippen molar-refractivity contribution in [3.05, 3.63) is 59.2 Å². The maximum absolute atomic E-state index is 13.1. The summed E-state index contributed by atoms with van der Waals surface area (Å²) < 4.78 is 27.6. The molecule has 1 fully saturated rings. The van der Waals surface area contributed by atoms with E-state index in [9.17, 15) is 18.0 Å². The topological polar surface area (TPSA) is 86.8 Å². The zero-order valence-electron chi connectivity index (χ0n) is 18.4. The third-order valence-corrected chi connectivity index (χ3v) is 7.77. The Balaban J connectivity index is 1.60. The quantitative estimate of drug-likeness (QED) is 0.694. The summed E-state index contributed by atoms with van der Waals surface area (Å²) in [6.45, 7) is 8.67. The summed E-state index contributed by atoms with van der Waals surface area (Å²) in [6.07, 6.45) is 0. The van der Waals surface area contributed by atoms with Gasteiger partial charge in [0.15, 0.2) is 5.78 Å². The Bertz CT molecular complexity index is 1070. The molecule has 0 spiro atoms. The van der Waals surface area contributed by atoms with Gasteiger partial charge in [-0.05, 0) is 63.6 Å². The van der Waals surface area contributed by atoms with Crippen LogP contribution in [0.2, 0.25) is 0 Å². The number of nitrogens with one attached hydrogen (secondary N) is 1. The molecule has 0 saturated carbocycles. The average molecular weight is 444 g/mol. The fraction of sp³-hybridized carbons (Fsp3) is 0.391. The van der Waals surface area contributed by atoms with Crippen molar-refractivity contribution in [1.82, 2.24) is 9.21 Å². The summed E-state index contributed by atoms with van der Waals surface area (Å²) in [5.74, 6) is -0.193. The second kappa shape index (κ2) is 9.30. The SMILES string of the molecule is CC(=O)c1ccc(NC(=O)[C@@H](C)N2CCN(S(=O)(=O)c3ccc(C)cc3C)CC2)cc1. The van der Waals surface area contributed by atoms with Gasteiger partial charge in [0, 0.05) is 37.4 Å². The number of carbonyl (C=O) groups is 2. The second-order valence-corrected chi connectivity index (χ2v) is 9.91. The zero-order valence-corrected chi connectivity index (χ0v) is 19.2. The van der Waals surface area contributed by atoms with Gasteiger partial charge in [0.1, 0.15) is 0 Å². The molecule has 166 valence electrons. The highest BCUT2D eigenvalue weighted by molar-refractivity contribution is 7.89. The largest absolute Gasteiger partial charge is 0.325 e. The Labute approximate surface area is 184 Å². The molecule has 0 unspecified atom stereocenters. The minimum atomic E-state index is -3.56. The van der Waals surface area contributed by atoms with Gasteiger partial charge < -0.3 is 5.32 Å². The van der Waals surface area contributed by atoms with Crippen molar-refractivity contribution in [3.8, 4) is 0 Å². The van der Waals surface area contributed by atoms with Crippen LogP contribution in [-0.4, -0.2) is 61.5 Å². The summed E-state index contributed by atoms with van der Waals surface area (Å²) in [5, 5.41) is 2.86. The van der Waals surface area contributed by atoms with Crippen LogP contribution in [-0.2, 0) is 14.8 Å². The van der Waals surface area contributed by atoms with Gasteiger partial charge in [-0.2, -0.15) is 4.31 Å². The number of amides is 1. The first kappa shape index (κ1) is 23.1. The van der Waals surface area contributed by atoms with Crippen molar-refractivity contribution in [1.29, 1.82) is 0 Å². The van der Waals surface area contributed by atoms with E-state index in [1.807, 2.05) is 37.8 Å². The molecule has 31 heavy (non-hydrogen) atoms. The molecule has 3 rings (SSSR count). The zero-order chi connectivity index (χ0) is 22.8. The number of benzene rings is 2. The standard InChI is InChI=1S/C23H29N3O4S/c1-16-5-10-22(17(2)15-16)31(29,30)26-13-11-25(12-14-26)18(3)23(28)24-21-8-6-20(7-9-21)19(4)27/h5-10,15,18H,11-14H2,1-4H3,(H,24,28)/t18-/m1/s1. The first-order valence-electron chi connectivity index (χ1n) is 10.3. The number of nitrogens with zero attached hydrogens (tertiary/aromatic N) is 2. The first-order valence-corrected chi connectivity index (χ1v) is 11.8. The van der Waals surface area contributed by atoms with Gasteiger partial charge in [-0.25, -0.2) is 8.42 Å². The first-order chi connectivity index (χ1) is 14.6. The predicted molar refractivity (Wildman–Crippen MR) is 121 cm³/mol. The average Bonchev–Trinajstić information content (AvgIpc) is 2.73. The van der Waals surface area contributed by atoms with Crippen LogP contribution in [0.15, 0.2) is 47.4 Å². The summed E-state index contributed by atoms with van der Waals surface area (Å²) in [6, 6.07) is 11.7. The lowest BCUT2D eigenvalue weighted by Gasteiger charge is -2.36. The monoisotopic (exact) mass is 443 g/mol. The van der Waals surface area contributed by atoms with Gasteiger partial charge >= 0.3 is 0 Å². The Morgan fingerprint density at radius 3 is 2.13 bits per heavy atom. The van der Waals surface area contributed by atoms with Crippen molar-refractivity contribution in [2.24, 2.45) is 0 Å². The fourth-order valence-electron chi connectivity index (χ4n) is 3.76. The molecule has 1 atom stereocenters. The fourth-order valence-corrected chi connectivity index (χ4v) is 5.39. The van der Waals surface area contributed by atoms with Crippen molar-refractivity contribution >= 4 is 27.4 Å². The summed E-state index contributed by atoms with van der Waals surface area (Å²) in [4.78, 5) is 26.3. The molecule has 1 aliphatic rings. The molecule has 1 saturated heterocycles. The predicted octanol–water partition coefficient (Wildman–Crippen LogP) is 2.84. The Kier molecular flexibility index (Phi) is 6.93. The Morgan fingerprint density at radius 1 is 0.968 bits per heavy atom. The van der Waals surface area contributed by atoms with E-state index < -0.39 is 16.1 Å². The molecule has 1 amide bonds. The Morgan fingerprint density at radius 2 is 1.58 bits per heavy atom. The van der Waals surface area contributed by atoms with E-state index in [0.29, 0.717) is 42.3 Å². The molecule has 0 radical (unpaired) electrons. The van der Waals surface area contributed by atoms with Crippen molar-refractivity contribution < 1.29 is 18.0 Å². The number of aryl methyl sites for hydroxylation is 2. The minimum absolute atomic E-state index is 0.0279. The van der Waals surface area contributed by atoms with E-state index in [1.54, 1.807) is 30.3 Å². The number of piperazine rings is 1. The molecule has 0 aromatic heterocycles. The minimum Gasteiger partial charge on any atom is -0.325 e. The summed E-state index contributed by atoms with van der Waals surface area (Å²) in [7, 11) is -3.56. The van der Waals surface area contributed by atoms with Crippen LogP contribution < -0.4 is 5.32 Å². The van der Waals surface area contributed by atoms with E-state index in [1.165, 1.54) is 11.2 Å². The van der Waals surface area contributed by atoms with Crippen LogP contribution in [0.5, 0.6) is 0 Å². The molecule has 7 nitrogen and oxygen atoms in total. The van der Waals surface area contributed by atoms with Gasteiger partial charge in [0.2, 0.25) is 15.9 Å². The highest BCUT2D eigenvalue weighted by atomic mass is 32.2. The maximum atomic E-state index is 13.1. The van der Waals surface area contributed by atoms with Crippen LogP contribution in [0.3, 0.4) is 0 Å². The van der Waals surface area contributed by atoms with Crippen LogP contribution in [0.4, 0.5) is 5.69 Å². The number of anilines is 1. The number of hydrogen-bond donors (Lipinski definition) is 1. The molecule has 1 aliphatic heterocycles. The molecule has 1 heterocycles. The normalized spacial score (nSPS) is 16.6. The molecular weight excluding hydrogens is 414 g/mol. The third kappa shape index (κ3) is 5.20. The number of Topliss-reactive ketones (excluding diaryl/α,β-unsaturated/α-hetero) is 1. The smallest absolute Gasteiger partial charge is 0.243 e. The molecule has 0 aliphatic carbocycles. The molecular formula is C23H29N3O4S. The molecule has 2 aromatic rings. The third-order valence-electron chi connectivity index (χ3n) is 5.71. The van der Waals surface area contributed by atoms with Gasteiger partial charge in [-0.1, -0.05) is 17.7 Å². The number of carbonyl (C=O) groups excluding carboxylic acids is 2. The number of sulfonamides is 1. The van der Waals surface area contributed by atoms with E-state index >= 15 is 0 Å². The van der Waals surface area contributed by atoms with Crippen LogP contribution in [0, 0.1) is 13.8 Å². The van der Waals surface area contributed by atoms with Crippen LogP contribution >= 0.6 is 0 Å². The van der Waals surface area contributed by atoms with E-state index in [0.717, 1.165) is 11.1 Å². The van der Waals surface area contributed by atoms with Crippen molar-refractivity contribution in [3.63, 3.8) is 0 Å². The van der Waals surface area contributed by atoms with Gasteiger partial charge in [-0.15, -0.1) is 0 Å². The lowest BCUT2D eigenvalue weighted by atomic mass is 10.1. The van der Waals surface area contributed by atoms with Gasteiger partial charge in [0.05, 0.1) is 10.9 Å². The number of hydrogen-bond acceptors (Lipinski definition) is 5. The summed E-state index contributed by atoms with van der Waals surface area (Å²) >= 11 is 0. The lowest BCUT2D eigenvalue weighted by Crippen LogP contribution is -2.54. The van der Waals surface area contributed by atoms with Crippen molar-refractivity contribution in [2.75, 3.05) is 31.5 Å². The number of ketones is 1. The molecule has 1 N–H and O–H groups in total. The van der Waals surface area contributed by atoms with Crippen molar-refractivity contribution in [2.45, 2.75) is 38.6 Å². The van der Waals surface area contributed by atoms with E-state index in [2.05, 4.69) is 5.32 Å². The maximum Gasteiger partial charge on any atom is 0.243 e. The molecule has 0 bridgehead atoms.